The molecular formula is C27H25NO4. The number of aliphatic carboxylic acids is 1. The first kappa shape index (κ1) is 20.3. The lowest BCUT2D eigenvalue weighted by Gasteiger charge is -2.12. The third kappa shape index (κ3) is 4.25. The smallest absolute Gasteiger partial charge is 0.307 e. The zero-order valence-corrected chi connectivity index (χ0v) is 17.7. The molecule has 0 radical (unpaired) electrons. The SMILES string of the molecule is NCc1cccc(-c2ccc3occ(COc4cc(C5CC5)ccc4CC(=O)O)c3c2)c1. The van der Waals surface area contributed by atoms with Crippen molar-refractivity contribution >= 4 is 16.9 Å². The zero-order valence-electron chi connectivity index (χ0n) is 17.7. The van der Waals surface area contributed by atoms with E-state index >= 15 is 0 Å². The quantitative estimate of drug-likeness (QED) is 0.380. The molecule has 1 fully saturated rings. The number of benzene rings is 3. The maximum atomic E-state index is 11.3. The number of furan rings is 1. The van der Waals surface area contributed by atoms with E-state index in [1.165, 1.54) is 18.4 Å². The summed E-state index contributed by atoms with van der Waals surface area (Å²) in [5.74, 6) is 0.336. The number of rotatable bonds is 8. The van der Waals surface area contributed by atoms with E-state index in [1.54, 1.807) is 6.26 Å². The fourth-order valence-electron chi connectivity index (χ4n) is 4.09. The normalized spacial score (nSPS) is 13.4. The van der Waals surface area contributed by atoms with Crippen LogP contribution in [0.5, 0.6) is 5.75 Å². The van der Waals surface area contributed by atoms with Gasteiger partial charge in [0, 0.05) is 23.1 Å². The Hall–Kier alpha value is -3.57. The molecular weight excluding hydrogens is 402 g/mol. The molecule has 162 valence electrons. The van der Waals surface area contributed by atoms with Gasteiger partial charge in [-0.25, -0.2) is 0 Å². The molecule has 1 saturated carbocycles. The zero-order chi connectivity index (χ0) is 22.1. The summed E-state index contributed by atoms with van der Waals surface area (Å²) in [5.41, 5.74) is 12.7. The highest BCUT2D eigenvalue weighted by Crippen LogP contribution is 2.42. The standard InChI is InChI=1S/C27H25NO4/c28-14-17-2-1-3-19(10-17)20-8-9-25-24(11-20)23(15-31-25)16-32-26-12-21(18-4-5-18)6-7-22(26)13-27(29)30/h1-3,6-12,15,18H,4-5,13-14,16,28H2,(H,29,30). The average Bonchev–Trinajstić information content (AvgIpc) is 3.58. The van der Waals surface area contributed by atoms with Gasteiger partial charge >= 0.3 is 5.97 Å². The first-order chi connectivity index (χ1) is 15.6. The fourth-order valence-corrected chi connectivity index (χ4v) is 4.09. The van der Waals surface area contributed by atoms with Crippen LogP contribution < -0.4 is 10.5 Å². The summed E-state index contributed by atoms with van der Waals surface area (Å²) >= 11 is 0. The Morgan fingerprint density at radius 3 is 2.66 bits per heavy atom. The van der Waals surface area contributed by atoms with Crippen LogP contribution >= 0.6 is 0 Å². The van der Waals surface area contributed by atoms with E-state index in [2.05, 4.69) is 18.2 Å². The van der Waals surface area contributed by atoms with Gasteiger partial charge in [-0.2, -0.15) is 0 Å². The van der Waals surface area contributed by atoms with E-state index in [-0.39, 0.29) is 6.42 Å². The number of carboxylic acid groups (broad SMARTS) is 1. The number of hydrogen-bond acceptors (Lipinski definition) is 4. The first-order valence-electron chi connectivity index (χ1n) is 10.9. The molecule has 1 aliphatic rings. The Labute approximate surface area is 186 Å². The van der Waals surface area contributed by atoms with Crippen LogP contribution in [0.4, 0.5) is 0 Å². The summed E-state index contributed by atoms with van der Waals surface area (Å²) in [6.45, 7) is 0.805. The van der Waals surface area contributed by atoms with Gasteiger partial charge in [0.05, 0.1) is 12.7 Å². The molecule has 5 heteroatoms. The summed E-state index contributed by atoms with van der Waals surface area (Å²) in [5, 5.41) is 10.3. The summed E-state index contributed by atoms with van der Waals surface area (Å²) in [7, 11) is 0. The molecule has 1 heterocycles. The molecule has 32 heavy (non-hydrogen) atoms. The minimum atomic E-state index is -0.868. The molecule has 0 atom stereocenters. The van der Waals surface area contributed by atoms with Crippen molar-refractivity contribution in [3.05, 3.63) is 89.2 Å². The van der Waals surface area contributed by atoms with Gasteiger partial charge in [-0.15, -0.1) is 0 Å². The van der Waals surface area contributed by atoms with Gasteiger partial charge in [-0.3, -0.25) is 4.79 Å². The van der Waals surface area contributed by atoms with Gasteiger partial charge in [0.1, 0.15) is 17.9 Å². The van der Waals surface area contributed by atoms with Crippen molar-refractivity contribution in [2.45, 2.75) is 38.3 Å². The van der Waals surface area contributed by atoms with Crippen LogP contribution in [0.15, 0.2) is 71.3 Å². The Morgan fingerprint density at radius 1 is 1.03 bits per heavy atom. The van der Waals surface area contributed by atoms with Crippen molar-refractivity contribution in [2.75, 3.05) is 0 Å². The molecule has 5 rings (SSSR count). The monoisotopic (exact) mass is 427 g/mol. The minimum absolute atomic E-state index is 0.0615. The second-order valence-electron chi connectivity index (χ2n) is 8.38. The lowest BCUT2D eigenvalue weighted by atomic mass is 10.0. The van der Waals surface area contributed by atoms with Crippen LogP contribution in [-0.4, -0.2) is 11.1 Å². The molecule has 0 saturated heterocycles. The summed E-state index contributed by atoms with van der Waals surface area (Å²) in [4.78, 5) is 11.3. The molecule has 4 aromatic rings. The topological polar surface area (TPSA) is 85.7 Å². The van der Waals surface area contributed by atoms with Crippen molar-refractivity contribution in [3.8, 4) is 16.9 Å². The fraction of sp³-hybridized carbons (Fsp3) is 0.222. The van der Waals surface area contributed by atoms with Gasteiger partial charge in [-0.1, -0.05) is 36.4 Å². The summed E-state index contributed by atoms with van der Waals surface area (Å²) in [6.07, 6.45) is 4.01. The van der Waals surface area contributed by atoms with Crippen LogP contribution in [-0.2, 0) is 24.4 Å². The predicted octanol–water partition coefficient (Wildman–Crippen LogP) is 5.64. The van der Waals surface area contributed by atoms with Gasteiger partial charge in [0.15, 0.2) is 0 Å². The Morgan fingerprint density at radius 2 is 1.88 bits per heavy atom. The third-order valence-corrected chi connectivity index (χ3v) is 6.01. The van der Waals surface area contributed by atoms with Gasteiger partial charge < -0.3 is 20.0 Å². The summed E-state index contributed by atoms with van der Waals surface area (Å²) < 4.78 is 11.9. The first-order valence-corrected chi connectivity index (χ1v) is 10.9. The second-order valence-corrected chi connectivity index (χ2v) is 8.38. The van der Waals surface area contributed by atoms with E-state index in [9.17, 15) is 9.90 Å². The molecule has 3 aromatic carbocycles. The highest BCUT2D eigenvalue weighted by molar-refractivity contribution is 5.86. The maximum Gasteiger partial charge on any atom is 0.307 e. The van der Waals surface area contributed by atoms with Gasteiger partial charge in [-0.05, 0) is 65.3 Å². The van der Waals surface area contributed by atoms with E-state index < -0.39 is 5.97 Å². The van der Waals surface area contributed by atoms with Crippen molar-refractivity contribution in [3.63, 3.8) is 0 Å². The molecule has 0 amide bonds. The van der Waals surface area contributed by atoms with Gasteiger partial charge in [0.2, 0.25) is 0 Å². The molecule has 3 N–H and O–H groups in total. The largest absolute Gasteiger partial charge is 0.488 e. The van der Waals surface area contributed by atoms with Crippen LogP contribution in [0.1, 0.15) is 41.0 Å². The molecule has 0 unspecified atom stereocenters. The third-order valence-electron chi connectivity index (χ3n) is 6.01. The maximum absolute atomic E-state index is 11.3. The van der Waals surface area contributed by atoms with Gasteiger partial charge in [0.25, 0.3) is 0 Å². The molecule has 1 aromatic heterocycles. The van der Waals surface area contributed by atoms with Crippen molar-refractivity contribution in [1.82, 2.24) is 0 Å². The number of ether oxygens (including phenoxy) is 1. The molecule has 0 spiro atoms. The molecule has 1 aliphatic carbocycles. The highest BCUT2D eigenvalue weighted by atomic mass is 16.5. The minimum Gasteiger partial charge on any atom is -0.488 e. The lowest BCUT2D eigenvalue weighted by Crippen LogP contribution is -2.04. The van der Waals surface area contributed by atoms with E-state index in [0.29, 0.717) is 30.4 Å². The van der Waals surface area contributed by atoms with Crippen LogP contribution in [0.2, 0.25) is 0 Å². The van der Waals surface area contributed by atoms with Crippen molar-refractivity contribution in [2.24, 2.45) is 5.73 Å². The number of fused-ring (bicyclic) bond motifs is 1. The Kier molecular flexibility index (Phi) is 5.41. The molecule has 0 aliphatic heterocycles. The van der Waals surface area contributed by atoms with Crippen LogP contribution in [0.25, 0.3) is 22.1 Å². The average molecular weight is 428 g/mol. The van der Waals surface area contributed by atoms with Crippen molar-refractivity contribution in [1.29, 1.82) is 0 Å². The number of carbonyl (C=O) groups is 1. The van der Waals surface area contributed by atoms with Crippen molar-refractivity contribution < 1.29 is 19.1 Å². The van der Waals surface area contributed by atoms with Crippen LogP contribution in [0, 0.1) is 0 Å². The molecule has 5 nitrogen and oxygen atoms in total. The van der Waals surface area contributed by atoms with Crippen LogP contribution in [0.3, 0.4) is 0 Å². The Balaban J connectivity index is 1.43. The Bertz CT molecular complexity index is 1290. The van der Waals surface area contributed by atoms with E-state index in [0.717, 1.165) is 33.2 Å². The number of nitrogens with two attached hydrogens (primary N) is 1. The molecule has 0 bridgehead atoms. The second kappa shape index (κ2) is 8.52. The number of carboxylic acids is 1. The lowest BCUT2D eigenvalue weighted by molar-refractivity contribution is -0.136. The van der Waals surface area contributed by atoms with E-state index in [4.69, 9.17) is 14.9 Å². The summed E-state index contributed by atoms with van der Waals surface area (Å²) in [6, 6.07) is 20.2. The van der Waals surface area contributed by atoms with E-state index in [1.807, 2.05) is 42.5 Å². The highest BCUT2D eigenvalue weighted by Gasteiger charge is 2.24. The predicted molar refractivity (Wildman–Crippen MR) is 124 cm³/mol. The number of hydrogen-bond donors (Lipinski definition) is 2.